The smallest absolute Gasteiger partial charge is 0.257 e. The lowest BCUT2D eigenvalue weighted by atomic mass is 10.1. The molecule has 6 nitrogen and oxygen atoms in total. The highest BCUT2D eigenvalue weighted by Crippen LogP contribution is 2.30. The number of fused-ring (bicyclic) bond motifs is 3. The van der Waals surface area contributed by atoms with E-state index in [4.69, 9.17) is 0 Å². The molecule has 0 fully saturated rings. The van der Waals surface area contributed by atoms with E-state index < -0.39 is 0 Å². The van der Waals surface area contributed by atoms with Gasteiger partial charge in [0, 0.05) is 23.7 Å². The Morgan fingerprint density at radius 3 is 2.74 bits per heavy atom. The van der Waals surface area contributed by atoms with Gasteiger partial charge in [0.1, 0.15) is 18.4 Å². The Morgan fingerprint density at radius 1 is 1.13 bits per heavy atom. The molecular formula is C17H13N5O. The van der Waals surface area contributed by atoms with Crippen molar-refractivity contribution in [3.63, 3.8) is 0 Å². The lowest BCUT2D eigenvalue weighted by Gasteiger charge is -2.20. The number of para-hydroxylation sites is 1. The van der Waals surface area contributed by atoms with Crippen molar-refractivity contribution in [2.24, 2.45) is 0 Å². The molecule has 0 aliphatic rings. The molecule has 0 bridgehead atoms. The van der Waals surface area contributed by atoms with Crippen molar-refractivity contribution in [2.45, 2.75) is 0 Å². The highest BCUT2D eigenvalue weighted by Gasteiger charge is 2.14. The van der Waals surface area contributed by atoms with Gasteiger partial charge in [-0.3, -0.25) is 9.20 Å². The summed E-state index contributed by atoms with van der Waals surface area (Å²) in [5.41, 5.74) is 2.51. The number of aromatic nitrogens is 4. The fourth-order valence-corrected chi connectivity index (χ4v) is 2.68. The number of aldehydes is 1. The number of benzene rings is 2. The molecule has 0 aliphatic carbocycles. The predicted molar refractivity (Wildman–Crippen MR) is 88.2 cm³/mol. The maximum atomic E-state index is 11.1. The zero-order chi connectivity index (χ0) is 15.8. The van der Waals surface area contributed by atoms with Gasteiger partial charge in [0.05, 0.1) is 5.52 Å². The summed E-state index contributed by atoms with van der Waals surface area (Å²) >= 11 is 0. The number of carbonyl (C=O) groups excluding carboxylic acids is 1. The first-order valence-electron chi connectivity index (χ1n) is 7.15. The Hall–Kier alpha value is -3.28. The van der Waals surface area contributed by atoms with Gasteiger partial charge in [-0.25, -0.2) is 0 Å². The second-order valence-electron chi connectivity index (χ2n) is 5.23. The van der Waals surface area contributed by atoms with Crippen LogP contribution in [0.15, 0.2) is 54.9 Å². The monoisotopic (exact) mass is 303 g/mol. The first kappa shape index (κ1) is 13.4. The summed E-state index contributed by atoms with van der Waals surface area (Å²) in [4.78, 5) is 17.7. The van der Waals surface area contributed by atoms with Gasteiger partial charge in [-0.15, -0.1) is 10.2 Å². The zero-order valence-corrected chi connectivity index (χ0v) is 12.4. The Kier molecular flexibility index (Phi) is 3.01. The van der Waals surface area contributed by atoms with Crippen molar-refractivity contribution in [1.29, 1.82) is 0 Å². The fraction of sp³-hybridized carbons (Fsp3) is 0.0588. The van der Waals surface area contributed by atoms with Crippen LogP contribution in [-0.4, -0.2) is 32.9 Å². The lowest BCUT2D eigenvalue weighted by molar-refractivity contribution is 0.112. The van der Waals surface area contributed by atoms with Crippen LogP contribution in [0.3, 0.4) is 0 Å². The van der Waals surface area contributed by atoms with Crippen LogP contribution in [0.1, 0.15) is 10.4 Å². The van der Waals surface area contributed by atoms with Gasteiger partial charge in [0.15, 0.2) is 0 Å². The van der Waals surface area contributed by atoms with Crippen molar-refractivity contribution >= 4 is 34.5 Å². The molecule has 2 aromatic carbocycles. The molecule has 0 saturated carbocycles. The van der Waals surface area contributed by atoms with E-state index in [2.05, 4.69) is 15.2 Å². The molecule has 2 heterocycles. The standard InChI is InChI=1S/C17H13N5O/c1-21(13-5-3-2-4-6-13)16-14-9-12(10-23)7-8-15(14)22-11-18-20-17(22)19-16/h2-11H,1H3. The molecule has 4 aromatic rings. The second-order valence-corrected chi connectivity index (χ2v) is 5.23. The number of anilines is 2. The Morgan fingerprint density at radius 2 is 1.96 bits per heavy atom. The van der Waals surface area contributed by atoms with Crippen LogP contribution in [0, 0.1) is 0 Å². The van der Waals surface area contributed by atoms with E-state index in [0.717, 1.165) is 28.7 Å². The van der Waals surface area contributed by atoms with Gasteiger partial charge >= 0.3 is 0 Å². The topological polar surface area (TPSA) is 63.4 Å². The number of carbonyl (C=O) groups is 1. The van der Waals surface area contributed by atoms with Gasteiger partial charge < -0.3 is 4.90 Å². The summed E-state index contributed by atoms with van der Waals surface area (Å²) in [6.07, 6.45) is 2.46. The van der Waals surface area contributed by atoms with E-state index in [0.29, 0.717) is 11.3 Å². The van der Waals surface area contributed by atoms with Crippen LogP contribution in [0.5, 0.6) is 0 Å². The van der Waals surface area contributed by atoms with Gasteiger partial charge in [-0.05, 0) is 30.3 Å². The minimum absolute atomic E-state index is 0.522. The normalized spacial score (nSPS) is 11.0. The molecule has 23 heavy (non-hydrogen) atoms. The largest absolute Gasteiger partial charge is 0.329 e. The van der Waals surface area contributed by atoms with Crippen LogP contribution >= 0.6 is 0 Å². The number of nitrogens with zero attached hydrogens (tertiary/aromatic N) is 5. The summed E-state index contributed by atoms with van der Waals surface area (Å²) in [5.74, 6) is 1.25. The predicted octanol–water partition coefficient (Wildman–Crippen LogP) is 2.86. The molecule has 0 aliphatic heterocycles. The maximum Gasteiger partial charge on any atom is 0.257 e. The SMILES string of the molecule is CN(c1ccccc1)c1nc2nncn2c2ccc(C=O)cc12. The van der Waals surface area contributed by atoms with E-state index in [1.54, 1.807) is 12.4 Å². The van der Waals surface area contributed by atoms with E-state index in [1.165, 1.54) is 0 Å². The number of rotatable bonds is 3. The van der Waals surface area contributed by atoms with Crippen molar-refractivity contribution < 1.29 is 4.79 Å². The van der Waals surface area contributed by atoms with Crippen molar-refractivity contribution in [2.75, 3.05) is 11.9 Å². The number of hydrogen-bond donors (Lipinski definition) is 0. The fourth-order valence-electron chi connectivity index (χ4n) is 2.68. The molecule has 0 atom stereocenters. The highest BCUT2D eigenvalue weighted by atomic mass is 16.1. The van der Waals surface area contributed by atoms with Crippen molar-refractivity contribution in [3.05, 3.63) is 60.4 Å². The van der Waals surface area contributed by atoms with E-state index in [-0.39, 0.29) is 0 Å². The Labute approximate surface area is 132 Å². The summed E-state index contributed by atoms with van der Waals surface area (Å²) in [6, 6.07) is 15.4. The number of hydrogen-bond acceptors (Lipinski definition) is 5. The maximum absolute atomic E-state index is 11.1. The summed E-state index contributed by atoms with van der Waals surface area (Å²) in [7, 11) is 1.94. The molecule has 0 spiro atoms. The molecule has 0 amide bonds. The third kappa shape index (κ3) is 2.12. The van der Waals surface area contributed by atoms with Crippen molar-refractivity contribution in [1.82, 2.24) is 19.6 Å². The van der Waals surface area contributed by atoms with Gasteiger partial charge in [0.2, 0.25) is 0 Å². The van der Waals surface area contributed by atoms with Gasteiger partial charge in [-0.1, -0.05) is 18.2 Å². The average molecular weight is 303 g/mol. The third-order valence-corrected chi connectivity index (χ3v) is 3.85. The van der Waals surface area contributed by atoms with Crippen LogP contribution in [0.2, 0.25) is 0 Å². The van der Waals surface area contributed by atoms with Crippen molar-refractivity contribution in [3.8, 4) is 0 Å². The van der Waals surface area contributed by atoms with E-state index in [9.17, 15) is 4.79 Å². The quantitative estimate of drug-likeness (QED) is 0.545. The summed E-state index contributed by atoms with van der Waals surface area (Å²) < 4.78 is 1.81. The van der Waals surface area contributed by atoms with Gasteiger partial charge in [0.25, 0.3) is 5.78 Å². The first-order valence-corrected chi connectivity index (χ1v) is 7.15. The Balaban J connectivity index is 2.04. The minimum atomic E-state index is 0.522. The third-order valence-electron chi connectivity index (χ3n) is 3.85. The first-order chi connectivity index (χ1) is 11.3. The second kappa shape index (κ2) is 5.17. The van der Waals surface area contributed by atoms with Crippen LogP contribution < -0.4 is 4.90 Å². The molecule has 0 radical (unpaired) electrons. The van der Waals surface area contributed by atoms with E-state index >= 15 is 0 Å². The molecule has 6 heteroatoms. The minimum Gasteiger partial charge on any atom is -0.329 e. The lowest BCUT2D eigenvalue weighted by Crippen LogP contribution is -2.13. The highest BCUT2D eigenvalue weighted by molar-refractivity contribution is 5.96. The Bertz CT molecular complexity index is 1010. The van der Waals surface area contributed by atoms with Gasteiger partial charge in [-0.2, -0.15) is 4.98 Å². The molecule has 2 aromatic heterocycles. The van der Waals surface area contributed by atoms with Crippen LogP contribution in [0.25, 0.3) is 16.7 Å². The molecule has 0 unspecified atom stereocenters. The average Bonchev–Trinajstić information content (AvgIpc) is 3.09. The van der Waals surface area contributed by atoms with Crippen LogP contribution in [0.4, 0.5) is 11.5 Å². The molecule has 0 saturated heterocycles. The molecular weight excluding hydrogens is 290 g/mol. The molecule has 112 valence electrons. The summed E-state index contributed by atoms with van der Waals surface area (Å²) in [5, 5.41) is 8.85. The summed E-state index contributed by atoms with van der Waals surface area (Å²) in [6.45, 7) is 0. The van der Waals surface area contributed by atoms with E-state index in [1.807, 2.05) is 58.8 Å². The zero-order valence-electron chi connectivity index (χ0n) is 12.4. The molecule has 4 rings (SSSR count). The molecule has 0 N–H and O–H groups in total. The van der Waals surface area contributed by atoms with Crippen LogP contribution in [-0.2, 0) is 0 Å².